The highest BCUT2D eigenvalue weighted by Gasteiger charge is 2.45. The van der Waals surface area contributed by atoms with E-state index in [1.54, 1.807) is 0 Å². The van der Waals surface area contributed by atoms with E-state index in [1.165, 1.54) is 0 Å². The lowest BCUT2D eigenvalue weighted by atomic mass is 9.82. The second-order valence-corrected chi connectivity index (χ2v) is 4.71. The lowest BCUT2D eigenvalue weighted by Crippen LogP contribution is -2.53. The highest BCUT2D eigenvalue weighted by molar-refractivity contribution is 5.99. The van der Waals surface area contributed by atoms with Crippen molar-refractivity contribution < 1.29 is 19.5 Å². The van der Waals surface area contributed by atoms with Gasteiger partial charge in [0.2, 0.25) is 5.91 Å². The van der Waals surface area contributed by atoms with Crippen LogP contribution in [0.3, 0.4) is 0 Å². The number of carbonyl (C=O) groups is 2. The molecule has 1 saturated heterocycles. The lowest BCUT2D eigenvalue weighted by molar-refractivity contribution is -0.148. The molecule has 1 saturated carbocycles. The second-order valence-electron chi connectivity index (χ2n) is 4.71. The maximum Gasteiger partial charge on any atom is 0.341 e. The fraction of sp³-hybridized carbons (Fsp3) is 0.727. The summed E-state index contributed by atoms with van der Waals surface area (Å²) in [6.45, 7) is 0. The minimum atomic E-state index is -1.36. The molecule has 0 spiro atoms. The van der Waals surface area contributed by atoms with E-state index in [9.17, 15) is 20.0 Å². The number of rotatable bonds is 2. The number of hydroxylamine groups is 1. The molecule has 2 fully saturated rings. The smallest absolute Gasteiger partial charge is 0.341 e. The molecule has 0 radical (unpaired) electrons. The van der Waals surface area contributed by atoms with Crippen molar-refractivity contribution in [1.82, 2.24) is 10.8 Å². The number of amides is 1. The summed E-state index contributed by atoms with van der Waals surface area (Å²) in [6, 6.07) is 2.12. The largest absolute Gasteiger partial charge is 0.374 e. The first-order chi connectivity index (χ1) is 8.58. The van der Waals surface area contributed by atoms with Crippen LogP contribution in [0.2, 0.25) is 0 Å². The Bertz CT molecular complexity index is 398. The van der Waals surface area contributed by atoms with Gasteiger partial charge in [0.25, 0.3) is 0 Å². The second kappa shape index (κ2) is 4.92. The molecule has 1 amide bonds. The minimum Gasteiger partial charge on any atom is -0.374 e. The highest BCUT2D eigenvalue weighted by Crippen LogP contribution is 2.28. The van der Waals surface area contributed by atoms with Gasteiger partial charge in [0, 0.05) is 0 Å². The monoisotopic (exact) mass is 253 g/mol. The van der Waals surface area contributed by atoms with Gasteiger partial charge in [0.1, 0.15) is 5.54 Å². The number of hydrogen-bond donors (Lipinski definition) is 3. The van der Waals surface area contributed by atoms with Crippen molar-refractivity contribution >= 4 is 11.9 Å². The maximum absolute atomic E-state index is 11.9. The molecule has 0 aromatic heterocycles. The summed E-state index contributed by atoms with van der Waals surface area (Å²) in [6.07, 6.45) is 2.54. The number of carbonyl (C=O) groups excluding carboxylic acids is 2. The molecule has 3 N–H and O–H groups in total. The lowest BCUT2D eigenvalue weighted by Gasteiger charge is -2.32. The zero-order valence-corrected chi connectivity index (χ0v) is 9.81. The topological polar surface area (TPSA) is 111 Å². The highest BCUT2D eigenvalue weighted by atomic mass is 16.7. The van der Waals surface area contributed by atoms with Crippen LogP contribution in [-0.4, -0.2) is 28.7 Å². The van der Waals surface area contributed by atoms with E-state index in [0.29, 0.717) is 12.8 Å². The van der Waals surface area contributed by atoms with Crippen LogP contribution in [0, 0.1) is 17.2 Å². The van der Waals surface area contributed by atoms with Crippen LogP contribution in [0.15, 0.2) is 0 Å². The standard InChI is InChI=1S/C11H15N3O4/c12-6-11(4-2-1-3-5-11)13-8(15)7-9(16)14-18-10(7)17/h7,9,14,16H,1-5H2,(H,13,15). The van der Waals surface area contributed by atoms with Crippen molar-refractivity contribution in [2.45, 2.75) is 43.9 Å². The normalized spacial score (nSPS) is 30.3. The van der Waals surface area contributed by atoms with Crippen LogP contribution in [0.5, 0.6) is 0 Å². The fourth-order valence-corrected chi connectivity index (χ4v) is 2.36. The summed E-state index contributed by atoms with van der Waals surface area (Å²) in [5, 5.41) is 21.2. The van der Waals surface area contributed by atoms with Crippen molar-refractivity contribution in [3.63, 3.8) is 0 Å². The molecule has 0 bridgehead atoms. The maximum atomic E-state index is 11.9. The number of nitriles is 1. The van der Waals surface area contributed by atoms with E-state index in [1.807, 2.05) is 5.48 Å². The molecular formula is C11H15N3O4. The van der Waals surface area contributed by atoms with Crippen LogP contribution in [0.4, 0.5) is 0 Å². The Hall–Kier alpha value is -1.65. The fourth-order valence-electron chi connectivity index (χ4n) is 2.36. The number of nitrogens with one attached hydrogen (secondary N) is 2. The molecule has 18 heavy (non-hydrogen) atoms. The summed E-state index contributed by atoms with van der Waals surface area (Å²) in [4.78, 5) is 27.6. The molecule has 2 atom stereocenters. The third kappa shape index (κ3) is 2.30. The average Bonchev–Trinajstić information content (AvgIpc) is 2.70. The number of hydrogen-bond acceptors (Lipinski definition) is 6. The quantitative estimate of drug-likeness (QED) is 0.562. The van der Waals surface area contributed by atoms with Crippen LogP contribution in [0.25, 0.3) is 0 Å². The summed E-state index contributed by atoms with van der Waals surface area (Å²) >= 11 is 0. The average molecular weight is 253 g/mol. The van der Waals surface area contributed by atoms with Crippen LogP contribution in [-0.2, 0) is 14.4 Å². The molecule has 0 aromatic rings. The molecule has 7 heteroatoms. The van der Waals surface area contributed by atoms with Gasteiger partial charge in [-0.25, -0.2) is 4.79 Å². The molecule has 7 nitrogen and oxygen atoms in total. The predicted octanol–water partition coefficient (Wildman–Crippen LogP) is -0.675. The van der Waals surface area contributed by atoms with Gasteiger partial charge in [-0.15, -0.1) is 5.48 Å². The van der Waals surface area contributed by atoms with E-state index in [-0.39, 0.29) is 0 Å². The van der Waals surface area contributed by atoms with Gasteiger partial charge in [-0.05, 0) is 12.8 Å². The Morgan fingerprint density at radius 2 is 2.17 bits per heavy atom. The molecule has 0 aromatic carbocycles. The molecule has 98 valence electrons. The van der Waals surface area contributed by atoms with Crippen molar-refractivity contribution in [3.8, 4) is 6.07 Å². The van der Waals surface area contributed by atoms with Gasteiger partial charge in [0.05, 0.1) is 6.07 Å². The third-order valence-electron chi connectivity index (χ3n) is 3.42. The van der Waals surface area contributed by atoms with Crippen molar-refractivity contribution in [2.24, 2.45) is 5.92 Å². The van der Waals surface area contributed by atoms with Crippen molar-refractivity contribution in [3.05, 3.63) is 0 Å². The van der Waals surface area contributed by atoms with Crippen LogP contribution >= 0.6 is 0 Å². The molecule has 1 heterocycles. The molecule has 2 unspecified atom stereocenters. The van der Waals surface area contributed by atoms with Gasteiger partial charge in [-0.1, -0.05) is 19.3 Å². The van der Waals surface area contributed by atoms with Crippen LogP contribution < -0.4 is 10.8 Å². The molecule has 1 aliphatic heterocycles. The Balaban J connectivity index is 2.06. The summed E-state index contributed by atoms with van der Waals surface area (Å²) in [7, 11) is 0. The molecule has 1 aliphatic carbocycles. The van der Waals surface area contributed by atoms with Crippen molar-refractivity contribution in [2.75, 3.05) is 0 Å². The minimum absolute atomic E-state index is 0.570. The first kappa shape index (κ1) is 12.8. The number of nitrogens with zero attached hydrogens (tertiary/aromatic N) is 1. The van der Waals surface area contributed by atoms with E-state index < -0.39 is 29.6 Å². The molecule has 2 aliphatic rings. The Morgan fingerprint density at radius 3 is 2.67 bits per heavy atom. The van der Waals surface area contributed by atoms with Gasteiger partial charge in [0.15, 0.2) is 12.1 Å². The van der Waals surface area contributed by atoms with Gasteiger partial charge in [-0.2, -0.15) is 5.26 Å². The Kier molecular flexibility index (Phi) is 3.50. The predicted molar refractivity (Wildman–Crippen MR) is 58.3 cm³/mol. The third-order valence-corrected chi connectivity index (χ3v) is 3.42. The van der Waals surface area contributed by atoms with Gasteiger partial charge in [-0.3, -0.25) is 4.79 Å². The van der Waals surface area contributed by atoms with Crippen LogP contribution in [0.1, 0.15) is 32.1 Å². The molecular weight excluding hydrogens is 238 g/mol. The van der Waals surface area contributed by atoms with Crippen molar-refractivity contribution in [1.29, 1.82) is 5.26 Å². The first-order valence-corrected chi connectivity index (χ1v) is 5.95. The van der Waals surface area contributed by atoms with E-state index in [0.717, 1.165) is 19.3 Å². The summed E-state index contributed by atoms with van der Waals surface area (Å²) in [5.41, 5.74) is 1.11. The van der Waals surface area contributed by atoms with Gasteiger partial charge >= 0.3 is 5.97 Å². The van der Waals surface area contributed by atoms with Gasteiger partial charge < -0.3 is 15.3 Å². The Labute approximate surface area is 104 Å². The summed E-state index contributed by atoms with van der Waals surface area (Å²) < 4.78 is 0. The molecule has 2 rings (SSSR count). The Morgan fingerprint density at radius 1 is 1.50 bits per heavy atom. The van der Waals surface area contributed by atoms with E-state index in [2.05, 4.69) is 16.2 Å². The van der Waals surface area contributed by atoms with E-state index in [4.69, 9.17) is 0 Å². The SMILES string of the molecule is N#CC1(NC(=O)C2C(=O)ONC2O)CCCCC1. The zero-order valence-electron chi connectivity index (χ0n) is 9.81. The number of aliphatic hydroxyl groups is 1. The number of aliphatic hydroxyl groups excluding tert-OH is 1. The summed E-state index contributed by atoms with van der Waals surface area (Å²) in [5.74, 6) is -2.80. The zero-order chi connectivity index (χ0) is 13.2. The first-order valence-electron chi connectivity index (χ1n) is 5.95. The van der Waals surface area contributed by atoms with E-state index >= 15 is 0 Å².